The number of imide groups is 1. The number of unbranched alkanes of at least 4 members (excludes halogenated alkanes) is 13. The van der Waals surface area contributed by atoms with Gasteiger partial charge in [-0.15, -0.1) is 5.10 Å². The molecule has 0 aliphatic carbocycles. The van der Waals surface area contributed by atoms with Gasteiger partial charge < -0.3 is 90.7 Å². The molecule has 112 heavy (non-hydrogen) atoms. The fourth-order valence-electron chi connectivity index (χ4n) is 11.9. The van der Waals surface area contributed by atoms with Crippen LogP contribution in [0.4, 0.5) is 31.4 Å². The van der Waals surface area contributed by atoms with Gasteiger partial charge in [0, 0.05) is 163 Å². The van der Waals surface area contributed by atoms with E-state index in [4.69, 9.17) is 11.6 Å². The van der Waals surface area contributed by atoms with Crippen LogP contribution in [0.1, 0.15) is 198 Å². The quantitative estimate of drug-likeness (QED) is 0.00495. The van der Waals surface area contributed by atoms with E-state index >= 15 is 0 Å². The third-order valence-corrected chi connectivity index (χ3v) is 18.4. The number of urea groups is 3. The predicted molar refractivity (Wildman–Crippen MR) is 432 cm³/mol. The molecule has 0 saturated heterocycles. The molecule has 614 valence electrons. The van der Waals surface area contributed by atoms with Gasteiger partial charge in [-0.1, -0.05) is 43.7 Å². The lowest BCUT2D eigenvalue weighted by Crippen LogP contribution is -2.50. The number of aromatic hydroxyl groups is 3. The van der Waals surface area contributed by atoms with E-state index < -0.39 is 5.54 Å². The Morgan fingerprint density at radius 2 is 0.839 bits per heavy atom. The number of hydrogen-bond acceptors (Lipinski definition) is 20. The zero-order valence-electron chi connectivity index (χ0n) is 64.8. The molecule has 5 rings (SSSR count). The normalized spacial score (nSPS) is 12.6. The Labute approximate surface area is 656 Å². The average molecular weight is 1560 g/mol. The van der Waals surface area contributed by atoms with Gasteiger partial charge >= 0.3 is 18.1 Å². The molecule has 0 spiro atoms. The van der Waals surface area contributed by atoms with Crippen LogP contribution in [0, 0.1) is 0 Å². The lowest BCUT2D eigenvalue weighted by atomic mass is 9.82. The maximum absolute atomic E-state index is 14.2. The van der Waals surface area contributed by atoms with Crippen LogP contribution >= 0.6 is 0 Å². The summed E-state index contributed by atoms with van der Waals surface area (Å²) in [6, 6.07) is 17.5. The third-order valence-electron chi connectivity index (χ3n) is 18.4. The van der Waals surface area contributed by atoms with E-state index in [-0.39, 0.29) is 135 Å². The average Bonchev–Trinajstić information content (AvgIpc) is 1.09. The second kappa shape index (κ2) is 55.2. The van der Waals surface area contributed by atoms with Crippen LogP contribution in [0.3, 0.4) is 0 Å². The van der Waals surface area contributed by atoms with E-state index in [0.29, 0.717) is 177 Å². The highest BCUT2D eigenvalue weighted by molar-refractivity contribution is 6.30. The molecule has 1 unspecified atom stereocenters. The number of carbonyl (C=O) groups excluding carboxylic acids is 10. The molecule has 1 aliphatic rings. The summed E-state index contributed by atoms with van der Waals surface area (Å²) in [6.45, 7) is 4.46. The van der Waals surface area contributed by atoms with Gasteiger partial charge in [-0.05, 0) is 201 Å². The Hall–Kier alpha value is -11.3. The Balaban J connectivity index is 1.10. The highest BCUT2D eigenvalue weighted by atomic mass is 16.3. The van der Waals surface area contributed by atoms with Gasteiger partial charge in [-0.2, -0.15) is 5.10 Å². The van der Waals surface area contributed by atoms with Crippen LogP contribution in [0.5, 0.6) is 17.2 Å². The molecule has 33 heteroatoms. The molecule has 1 aliphatic heterocycles. The topological polar surface area (TPSA) is 486 Å². The minimum Gasteiger partial charge on any atom is -0.508 e. The molecule has 0 fully saturated rings. The van der Waals surface area contributed by atoms with Gasteiger partial charge in [0.05, 0.1) is 11.4 Å². The molecule has 0 radical (unpaired) electrons. The number of phenolic OH excluding ortho intramolecular Hbond substituents is 3. The van der Waals surface area contributed by atoms with Gasteiger partial charge in [0.1, 0.15) is 17.2 Å². The van der Waals surface area contributed by atoms with Crippen LogP contribution < -0.4 is 75.4 Å². The summed E-state index contributed by atoms with van der Waals surface area (Å²) < 4.78 is 1.77. The maximum atomic E-state index is 14.2. The van der Waals surface area contributed by atoms with E-state index in [2.05, 4.69) is 84.2 Å². The Morgan fingerprint density at radius 3 is 1.34 bits per heavy atom. The van der Waals surface area contributed by atoms with Crippen molar-refractivity contribution in [1.29, 1.82) is 0 Å². The molecule has 2 heterocycles. The van der Waals surface area contributed by atoms with Gasteiger partial charge in [0.25, 0.3) is 11.8 Å². The summed E-state index contributed by atoms with van der Waals surface area (Å²) in [7, 11) is 0. The number of phenols is 3. The number of hydrogen-bond donors (Lipinski definition) is 17. The number of rotatable bonds is 59. The number of nitrogens with one attached hydrogen (secondary N) is 12. The Morgan fingerprint density at radius 1 is 0.438 bits per heavy atom. The molecule has 13 amide bonds. The number of amides is 13. The number of aliphatic imine (C=N–C) groups is 1. The van der Waals surface area contributed by atoms with Gasteiger partial charge in [-0.3, -0.25) is 48.1 Å². The van der Waals surface area contributed by atoms with E-state index in [0.717, 1.165) is 74.8 Å². The van der Waals surface area contributed by atoms with Gasteiger partial charge in [-0.25, -0.2) is 14.4 Å². The van der Waals surface area contributed by atoms with Crippen LogP contribution in [0.2, 0.25) is 0 Å². The molecule has 33 nitrogen and oxygen atoms in total. The predicted octanol–water partition coefficient (Wildman–Crippen LogP) is 8.13. The minimum atomic E-state index is -1.11. The standard InChI is InChI=1S/C79H120N20O13/c80-60(21-9-12-51-88-76(110)91-61-26-32-66(100)33-27-61)57-82-46-15-17-48-84-70(104)40-43-79(94-73(107)25-8-6-4-2-1-3-5-7-24-69(103)87-54-56-99-74(108)38-39-75(99)109,44-41-71(105)85-49-18-16-47-83-58-64(95-81)22-10-13-52-89-77(111)92-62-28-34-67(101)35-29-62)45-42-72(106)86-50-19-20-55-98-59-65(96-97-98)23-11-14-53-90-78(112)93-63-30-36-68(102)37-31-63/h26-39,57-59,82,100-102H,1-25,40-56,80-81H2,(H,84,104)(H,85,105)(H,86,106)(H,87,103)(H,94,107)(H2,88,91,110)(H2,89,92,111)(H2,90,93,112)/b60-57-,83-58?,95-64?. The van der Waals surface area contributed by atoms with Crippen molar-refractivity contribution in [3.8, 4) is 17.2 Å². The first-order valence-electron chi connectivity index (χ1n) is 39.5. The lowest BCUT2D eigenvalue weighted by molar-refractivity contribution is -0.137. The fourth-order valence-corrected chi connectivity index (χ4v) is 11.9. The van der Waals surface area contributed by atoms with E-state index in [9.17, 15) is 63.3 Å². The van der Waals surface area contributed by atoms with Gasteiger partial charge in [0.15, 0.2) is 0 Å². The highest BCUT2D eigenvalue weighted by Gasteiger charge is 2.34. The van der Waals surface area contributed by atoms with Gasteiger partial charge in [0.2, 0.25) is 29.5 Å². The lowest BCUT2D eigenvalue weighted by Gasteiger charge is -2.35. The number of allylic oxidation sites excluding steroid dienone is 1. The molecule has 1 aromatic heterocycles. The van der Waals surface area contributed by atoms with E-state index in [1.165, 1.54) is 48.6 Å². The first kappa shape index (κ1) is 91.3. The van der Waals surface area contributed by atoms with Crippen LogP contribution in [0.25, 0.3) is 0 Å². The van der Waals surface area contributed by atoms with Crippen molar-refractivity contribution in [3.05, 3.63) is 109 Å². The first-order chi connectivity index (χ1) is 54.2. The van der Waals surface area contributed by atoms with Crippen molar-refractivity contribution in [2.45, 2.75) is 211 Å². The summed E-state index contributed by atoms with van der Waals surface area (Å²) >= 11 is 0. The zero-order chi connectivity index (χ0) is 80.7. The summed E-state index contributed by atoms with van der Waals surface area (Å²) in [6.07, 6.45) is 25.7. The monoisotopic (exact) mass is 1560 g/mol. The molecule has 3 aromatic carbocycles. The summed E-state index contributed by atoms with van der Waals surface area (Å²) in [5.74, 6) is 4.11. The zero-order valence-corrected chi connectivity index (χ0v) is 64.8. The van der Waals surface area contributed by atoms with Crippen LogP contribution in [-0.4, -0.2) is 178 Å². The molecular weight excluding hydrogens is 1440 g/mol. The summed E-state index contributed by atoms with van der Waals surface area (Å²) in [5.41, 5.74) is 8.91. The molecule has 1 atom stereocenters. The third kappa shape index (κ3) is 42.6. The SMILES string of the molecule is NN=C(C=NCCCCNC(=O)CCC(CCC(=O)NCCCCN/C=C(\N)CCCCNC(=O)Nc1ccc(O)cc1)(CCC(=O)NCCCCn1cc(CCCCNC(=O)Nc2ccc(O)cc2)nn1)NC(=O)CCCCCCCCCCC(=O)NCCN1C(=O)C=CC1=O)CCCCNC(=O)Nc1ccc(O)cc1. The number of nitrogens with two attached hydrogens (primary N) is 2. The van der Waals surface area contributed by atoms with Crippen molar-refractivity contribution in [3.63, 3.8) is 0 Å². The Bertz CT molecular complexity index is 3610. The number of aryl methyl sites for hydroxylation is 2. The maximum Gasteiger partial charge on any atom is 0.319 e. The number of hydrazone groups is 1. The van der Waals surface area contributed by atoms with E-state index in [1.807, 2.05) is 6.20 Å². The second-order valence-electron chi connectivity index (χ2n) is 27.8. The number of nitrogens with zero attached hydrogens (tertiary/aromatic N) is 6. The van der Waals surface area contributed by atoms with Crippen molar-refractivity contribution < 1.29 is 63.3 Å². The molecule has 0 bridgehead atoms. The smallest absolute Gasteiger partial charge is 0.319 e. The molecular formula is C79H120N20O13. The first-order valence-corrected chi connectivity index (χ1v) is 39.5. The number of anilines is 3. The molecule has 19 N–H and O–H groups in total. The second-order valence-corrected chi connectivity index (χ2v) is 27.8. The fraction of sp³-hybridized carbons (Fsp3) is 0.544. The number of benzene rings is 3. The number of carbonyl (C=O) groups is 10. The largest absolute Gasteiger partial charge is 0.508 e. The van der Waals surface area contributed by atoms with Crippen molar-refractivity contribution in [2.24, 2.45) is 21.7 Å². The van der Waals surface area contributed by atoms with Crippen molar-refractivity contribution >= 4 is 88.4 Å². The summed E-state index contributed by atoms with van der Waals surface area (Å²) in [4.78, 5) is 134. The van der Waals surface area contributed by atoms with E-state index in [1.54, 1.807) is 53.5 Å². The van der Waals surface area contributed by atoms with Crippen molar-refractivity contribution in [1.82, 2.24) is 67.7 Å². The molecule has 0 saturated carbocycles. The number of aromatic nitrogens is 3. The van der Waals surface area contributed by atoms with Crippen molar-refractivity contribution in [2.75, 3.05) is 81.4 Å². The summed E-state index contributed by atoms with van der Waals surface area (Å²) in [5, 5.41) is 75.8. The molecule has 4 aromatic rings. The van der Waals surface area contributed by atoms with Crippen LogP contribution in [-0.2, 0) is 46.5 Å². The highest BCUT2D eigenvalue weighted by Crippen LogP contribution is 2.27. The van der Waals surface area contributed by atoms with Crippen LogP contribution in [0.15, 0.2) is 113 Å². The Kier molecular flexibility index (Phi) is 45.0. The minimum absolute atomic E-state index is 0.0100.